The Bertz CT molecular complexity index is 1690. The Labute approximate surface area is 269 Å². The molecule has 0 bridgehead atoms. The fourth-order valence-electron chi connectivity index (χ4n) is 5.95. The minimum Gasteiger partial charge on any atom is -0.420 e. The van der Waals surface area contributed by atoms with E-state index in [4.69, 9.17) is 4.42 Å². The van der Waals surface area contributed by atoms with Crippen LogP contribution in [-0.2, 0) is 30.4 Å². The summed E-state index contributed by atoms with van der Waals surface area (Å²) in [5.41, 5.74) is 0.568. The van der Waals surface area contributed by atoms with Crippen molar-refractivity contribution in [1.82, 2.24) is 19.8 Å². The maximum Gasteiger partial charge on any atom is 0.437 e. The number of hydrogen-bond acceptors (Lipinski definition) is 8. The molecule has 2 saturated heterocycles. The molecule has 1 unspecified atom stereocenters. The molecule has 4 heterocycles. The molecule has 2 fully saturated rings. The van der Waals surface area contributed by atoms with Gasteiger partial charge in [-0.1, -0.05) is 54.6 Å². The number of carbonyl (C=O) groups excluding carboxylic acids is 2. The van der Waals surface area contributed by atoms with E-state index in [0.29, 0.717) is 56.1 Å². The average molecular weight is 651 g/mol. The van der Waals surface area contributed by atoms with Crippen molar-refractivity contribution in [2.24, 2.45) is 0 Å². The highest BCUT2D eigenvalue weighted by Crippen LogP contribution is 2.34. The maximum atomic E-state index is 14.0. The van der Waals surface area contributed by atoms with Crippen LogP contribution in [0, 0.1) is 5.82 Å². The number of anilines is 2. The molecule has 9 nitrogen and oxygen atoms in total. The molecule has 0 radical (unpaired) electrons. The van der Waals surface area contributed by atoms with Crippen molar-refractivity contribution in [2.45, 2.75) is 38.0 Å². The van der Waals surface area contributed by atoms with Gasteiger partial charge in [-0.05, 0) is 35.2 Å². The number of hydrogen-bond donors (Lipinski definition) is 1. The predicted molar refractivity (Wildman–Crippen MR) is 166 cm³/mol. The maximum absolute atomic E-state index is 14.0. The predicted octanol–water partition coefficient (Wildman–Crippen LogP) is 5.23. The summed E-state index contributed by atoms with van der Waals surface area (Å²) in [6.07, 6.45) is -3.09. The smallest absolute Gasteiger partial charge is 0.420 e. The van der Waals surface area contributed by atoms with Gasteiger partial charge in [-0.2, -0.15) is 18.2 Å². The molecular formula is C34H34F4N6O3. The summed E-state index contributed by atoms with van der Waals surface area (Å²) in [5.74, 6) is -1.64. The van der Waals surface area contributed by atoms with Crippen LogP contribution in [0.25, 0.3) is 0 Å². The van der Waals surface area contributed by atoms with Crippen molar-refractivity contribution in [3.63, 3.8) is 0 Å². The average Bonchev–Trinajstić information content (AvgIpc) is 3.70. The number of nitrogens with zero attached hydrogens (tertiary/aromatic N) is 5. The SMILES string of the molecule is O=C(Cc1ccc(N2CCN(C(=O)Cc3ccccc3F)CC2)nc1)c1oc(NC2CCN(Cc3ccccc3)C2)nc1C(F)(F)F. The topological polar surface area (TPSA) is 94.8 Å². The molecular weight excluding hydrogens is 616 g/mol. The number of amides is 1. The lowest BCUT2D eigenvalue weighted by Gasteiger charge is -2.35. The second-order valence-electron chi connectivity index (χ2n) is 11.8. The van der Waals surface area contributed by atoms with E-state index in [2.05, 4.69) is 20.2 Å². The minimum absolute atomic E-state index is 0.0135. The highest BCUT2D eigenvalue weighted by atomic mass is 19.4. The molecule has 47 heavy (non-hydrogen) atoms. The summed E-state index contributed by atoms with van der Waals surface area (Å²) >= 11 is 0. The van der Waals surface area contributed by atoms with Crippen LogP contribution in [-0.4, -0.2) is 76.8 Å². The molecule has 0 aliphatic carbocycles. The Kier molecular flexibility index (Phi) is 9.53. The van der Waals surface area contributed by atoms with Gasteiger partial charge in [0.05, 0.1) is 6.42 Å². The highest BCUT2D eigenvalue weighted by molar-refractivity contribution is 5.96. The fraction of sp³-hybridized carbons (Fsp3) is 0.353. The molecule has 1 atom stereocenters. The van der Waals surface area contributed by atoms with Crippen molar-refractivity contribution in [1.29, 1.82) is 0 Å². The Morgan fingerprint density at radius 1 is 0.894 bits per heavy atom. The van der Waals surface area contributed by atoms with Crippen LogP contribution >= 0.6 is 0 Å². The summed E-state index contributed by atoms with van der Waals surface area (Å²) < 4.78 is 61.0. The van der Waals surface area contributed by atoms with Crippen LogP contribution < -0.4 is 10.2 Å². The number of rotatable bonds is 10. The van der Waals surface area contributed by atoms with Gasteiger partial charge in [0.25, 0.3) is 6.01 Å². The van der Waals surface area contributed by atoms with E-state index in [-0.39, 0.29) is 30.8 Å². The lowest BCUT2D eigenvalue weighted by atomic mass is 10.1. The van der Waals surface area contributed by atoms with Gasteiger partial charge in [0, 0.05) is 64.5 Å². The number of ketones is 1. The number of likely N-dealkylation sites (tertiary alicyclic amines) is 1. The van der Waals surface area contributed by atoms with Crippen LogP contribution in [0.3, 0.4) is 0 Å². The number of nitrogens with one attached hydrogen (secondary N) is 1. The largest absolute Gasteiger partial charge is 0.437 e. The second-order valence-corrected chi connectivity index (χ2v) is 11.8. The molecule has 1 amide bonds. The van der Waals surface area contributed by atoms with Gasteiger partial charge in [-0.3, -0.25) is 14.5 Å². The zero-order valence-electron chi connectivity index (χ0n) is 25.5. The lowest BCUT2D eigenvalue weighted by Crippen LogP contribution is -2.49. The van der Waals surface area contributed by atoms with Gasteiger partial charge in [0.2, 0.25) is 17.5 Å². The summed E-state index contributed by atoms with van der Waals surface area (Å²) in [6, 6.07) is 18.9. The van der Waals surface area contributed by atoms with Crippen LogP contribution in [0.2, 0.25) is 0 Å². The van der Waals surface area contributed by atoms with Gasteiger partial charge in [-0.15, -0.1) is 0 Å². The number of piperazine rings is 1. The molecule has 2 aromatic carbocycles. The first-order valence-electron chi connectivity index (χ1n) is 15.5. The third kappa shape index (κ3) is 7.97. The lowest BCUT2D eigenvalue weighted by molar-refractivity contribution is -0.141. The van der Waals surface area contributed by atoms with Crippen molar-refractivity contribution in [3.05, 3.63) is 107 Å². The zero-order chi connectivity index (χ0) is 33.0. The first kappa shape index (κ1) is 32.2. The fourth-order valence-corrected chi connectivity index (χ4v) is 5.95. The monoisotopic (exact) mass is 650 g/mol. The van der Waals surface area contributed by atoms with E-state index in [1.165, 1.54) is 12.3 Å². The molecule has 4 aromatic rings. The van der Waals surface area contributed by atoms with Crippen LogP contribution in [0.15, 0.2) is 77.3 Å². The molecule has 6 rings (SSSR count). The molecule has 2 aromatic heterocycles. The Balaban J connectivity index is 1.03. The molecule has 0 spiro atoms. The number of pyridine rings is 1. The highest BCUT2D eigenvalue weighted by Gasteiger charge is 2.41. The van der Waals surface area contributed by atoms with Gasteiger partial charge < -0.3 is 19.5 Å². The summed E-state index contributed by atoms with van der Waals surface area (Å²) in [7, 11) is 0. The number of halogens is 4. The van der Waals surface area contributed by atoms with Crippen molar-refractivity contribution >= 4 is 23.5 Å². The minimum atomic E-state index is -4.87. The summed E-state index contributed by atoms with van der Waals surface area (Å²) in [4.78, 5) is 39.6. The van der Waals surface area contributed by atoms with Crippen LogP contribution in [0.4, 0.5) is 29.4 Å². The van der Waals surface area contributed by atoms with Gasteiger partial charge in [-0.25, -0.2) is 9.37 Å². The molecule has 13 heteroatoms. The standard InChI is InChI=1S/C34H34F4N6O3/c35-27-9-5-4-8-25(27)19-30(46)44-16-14-43(15-17-44)29-11-10-24(20-39-29)18-28(45)31-32(34(36,37)38)41-33(47-31)40-26-12-13-42(22-26)21-23-6-2-1-3-7-23/h1-11,20,26H,12-19,21-22H2,(H,40,41). The Morgan fingerprint density at radius 2 is 1.64 bits per heavy atom. The van der Waals surface area contributed by atoms with E-state index in [9.17, 15) is 27.2 Å². The Morgan fingerprint density at radius 3 is 2.34 bits per heavy atom. The number of alkyl halides is 3. The molecule has 246 valence electrons. The second kappa shape index (κ2) is 13.9. The van der Waals surface area contributed by atoms with E-state index in [1.54, 1.807) is 35.2 Å². The molecule has 2 aliphatic heterocycles. The van der Waals surface area contributed by atoms with E-state index < -0.39 is 29.2 Å². The number of Topliss-reactive ketones (excluding diaryl/α,β-unsaturated/α-hetero) is 1. The molecule has 1 N–H and O–H groups in total. The van der Waals surface area contributed by atoms with Crippen molar-refractivity contribution in [3.8, 4) is 0 Å². The normalized spacial score (nSPS) is 17.2. The number of carbonyl (C=O) groups is 2. The number of oxazole rings is 1. The van der Waals surface area contributed by atoms with Crippen molar-refractivity contribution in [2.75, 3.05) is 49.5 Å². The van der Waals surface area contributed by atoms with Crippen LogP contribution in [0.1, 0.15) is 39.4 Å². The third-order valence-electron chi connectivity index (χ3n) is 8.43. The first-order chi connectivity index (χ1) is 22.6. The van der Waals surface area contributed by atoms with E-state index in [1.807, 2.05) is 35.2 Å². The summed E-state index contributed by atoms with van der Waals surface area (Å²) in [6.45, 7) is 3.95. The van der Waals surface area contributed by atoms with E-state index in [0.717, 1.165) is 18.7 Å². The number of aromatic nitrogens is 2. The van der Waals surface area contributed by atoms with Crippen molar-refractivity contribution < 1.29 is 31.6 Å². The van der Waals surface area contributed by atoms with Gasteiger partial charge in [0.1, 0.15) is 11.6 Å². The Hall–Kier alpha value is -4.78. The quantitative estimate of drug-likeness (QED) is 0.184. The molecule has 2 aliphatic rings. The van der Waals surface area contributed by atoms with E-state index >= 15 is 0 Å². The first-order valence-corrected chi connectivity index (χ1v) is 15.5. The number of benzene rings is 2. The van der Waals surface area contributed by atoms with Gasteiger partial charge >= 0.3 is 6.18 Å². The van der Waals surface area contributed by atoms with Gasteiger partial charge in [0.15, 0.2) is 5.69 Å². The molecule has 0 saturated carbocycles. The third-order valence-corrected chi connectivity index (χ3v) is 8.43. The zero-order valence-corrected chi connectivity index (χ0v) is 25.5. The summed E-state index contributed by atoms with van der Waals surface area (Å²) in [5, 5.41) is 2.95. The van der Waals surface area contributed by atoms with Crippen LogP contribution in [0.5, 0.6) is 0 Å².